The van der Waals surface area contributed by atoms with Gasteiger partial charge in [0.2, 0.25) is 0 Å². The van der Waals surface area contributed by atoms with Gasteiger partial charge in [0.15, 0.2) is 0 Å². The second-order valence-corrected chi connectivity index (χ2v) is 6.51. The smallest absolute Gasteiger partial charge is 0.0959 e. The summed E-state index contributed by atoms with van der Waals surface area (Å²) in [4.78, 5) is 5.74. The second kappa shape index (κ2) is 4.82. The summed E-state index contributed by atoms with van der Waals surface area (Å²) in [5.74, 6) is 0.757. The van der Waals surface area contributed by atoms with Gasteiger partial charge in [0.25, 0.3) is 0 Å². The average molecular weight is 240 g/mol. The third-order valence-corrected chi connectivity index (χ3v) is 3.99. The fraction of sp³-hybridized carbons (Fsp3) is 0.750. The third-order valence-electron chi connectivity index (χ3n) is 2.83. The number of nitrogens with one attached hydrogen (secondary N) is 1. The topological polar surface area (TPSA) is 45.1 Å². The predicted molar refractivity (Wildman–Crippen MR) is 66.7 cm³/mol. The lowest BCUT2D eigenvalue weighted by molar-refractivity contribution is 0.157. The summed E-state index contributed by atoms with van der Waals surface area (Å²) in [5, 5.41) is 13.8. The molecule has 0 aromatic carbocycles. The highest BCUT2D eigenvalue weighted by molar-refractivity contribution is 7.11. The van der Waals surface area contributed by atoms with Gasteiger partial charge in [0.1, 0.15) is 0 Å². The van der Waals surface area contributed by atoms with Crippen molar-refractivity contribution in [3.8, 4) is 0 Å². The molecule has 0 aliphatic heterocycles. The summed E-state index contributed by atoms with van der Waals surface area (Å²) in [5.41, 5.74) is -0.0377. The van der Waals surface area contributed by atoms with Gasteiger partial charge in [0, 0.05) is 42.1 Å². The molecule has 0 unspecified atom stereocenters. The Morgan fingerprint density at radius 1 is 1.56 bits per heavy atom. The van der Waals surface area contributed by atoms with Crippen LogP contribution >= 0.6 is 11.3 Å². The zero-order valence-corrected chi connectivity index (χ0v) is 10.8. The van der Waals surface area contributed by atoms with Gasteiger partial charge >= 0.3 is 0 Å². The fourth-order valence-corrected chi connectivity index (χ4v) is 2.56. The van der Waals surface area contributed by atoms with E-state index < -0.39 is 0 Å². The van der Waals surface area contributed by atoms with Crippen molar-refractivity contribution in [3.05, 3.63) is 16.1 Å². The maximum absolute atomic E-state index is 9.13. The van der Waals surface area contributed by atoms with Crippen LogP contribution in [0.4, 0.5) is 0 Å². The van der Waals surface area contributed by atoms with Crippen LogP contribution in [0.2, 0.25) is 0 Å². The fourth-order valence-electron chi connectivity index (χ4n) is 1.50. The molecule has 1 heterocycles. The predicted octanol–water partition coefficient (Wildman–Crippen LogP) is 2.13. The number of nitrogens with zero attached hydrogens (tertiary/aromatic N) is 1. The van der Waals surface area contributed by atoms with E-state index in [9.17, 15) is 0 Å². The first-order valence-electron chi connectivity index (χ1n) is 5.87. The maximum atomic E-state index is 9.13. The molecule has 90 valence electrons. The van der Waals surface area contributed by atoms with Crippen molar-refractivity contribution in [2.24, 2.45) is 5.41 Å². The molecule has 1 fully saturated rings. The van der Waals surface area contributed by atoms with Gasteiger partial charge in [-0.1, -0.05) is 13.8 Å². The minimum absolute atomic E-state index is 0.0377. The molecule has 1 aromatic heterocycles. The number of aliphatic hydroxyl groups excluding tert-OH is 1. The van der Waals surface area contributed by atoms with E-state index in [1.165, 1.54) is 22.7 Å². The molecule has 2 N–H and O–H groups in total. The van der Waals surface area contributed by atoms with E-state index in [4.69, 9.17) is 5.11 Å². The molecule has 0 bridgehead atoms. The summed E-state index contributed by atoms with van der Waals surface area (Å²) < 4.78 is 0. The Morgan fingerprint density at radius 2 is 2.31 bits per heavy atom. The van der Waals surface area contributed by atoms with Crippen molar-refractivity contribution in [1.82, 2.24) is 10.3 Å². The van der Waals surface area contributed by atoms with Gasteiger partial charge in [-0.25, -0.2) is 4.98 Å². The van der Waals surface area contributed by atoms with Crippen LogP contribution in [0.3, 0.4) is 0 Å². The lowest BCUT2D eigenvalue weighted by atomic mass is 9.95. The lowest BCUT2D eigenvalue weighted by Crippen LogP contribution is -2.31. The monoisotopic (exact) mass is 240 g/mol. The van der Waals surface area contributed by atoms with Crippen molar-refractivity contribution >= 4 is 11.3 Å². The molecular weight excluding hydrogens is 220 g/mol. The van der Waals surface area contributed by atoms with Gasteiger partial charge in [-0.2, -0.15) is 0 Å². The summed E-state index contributed by atoms with van der Waals surface area (Å²) in [6.07, 6.45) is 4.62. The molecule has 16 heavy (non-hydrogen) atoms. The molecule has 2 rings (SSSR count). The zero-order chi connectivity index (χ0) is 11.6. The van der Waals surface area contributed by atoms with Crippen LogP contribution < -0.4 is 5.32 Å². The van der Waals surface area contributed by atoms with Crippen LogP contribution in [0.15, 0.2) is 6.20 Å². The molecule has 0 radical (unpaired) electrons. The Bertz CT molecular complexity index is 345. The summed E-state index contributed by atoms with van der Waals surface area (Å²) in [6.45, 7) is 6.04. The summed E-state index contributed by atoms with van der Waals surface area (Å²) in [7, 11) is 0. The Morgan fingerprint density at radius 3 is 2.94 bits per heavy atom. The van der Waals surface area contributed by atoms with Crippen molar-refractivity contribution in [2.45, 2.75) is 39.2 Å². The van der Waals surface area contributed by atoms with Crippen molar-refractivity contribution in [2.75, 3.05) is 13.2 Å². The van der Waals surface area contributed by atoms with E-state index >= 15 is 0 Å². The van der Waals surface area contributed by atoms with Crippen LogP contribution in [0, 0.1) is 5.41 Å². The molecule has 0 spiro atoms. The molecule has 0 amide bonds. The minimum Gasteiger partial charge on any atom is -0.396 e. The van der Waals surface area contributed by atoms with Crippen molar-refractivity contribution in [1.29, 1.82) is 0 Å². The van der Waals surface area contributed by atoms with Crippen molar-refractivity contribution in [3.63, 3.8) is 0 Å². The van der Waals surface area contributed by atoms with Gasteiger partial charge < -0.3 is 10.4 Å². The SMILES string of the molecule is CC(C)(CO)CNCc1cnc(C2CC2)s1. The molecule has 3 nitrogen and oxygen atoms in total. The Labute approximate surface area is 101 Å². The number of hydrogen-bond donors (Lipinski definition) is 2. The standard InChI is InChI=1S/C12H20N2OS/c1-12(2,8-15)7-13-5-10-6-14-11(16-10)9-3-4-9/h6,9,13,15H,3-5,7-8H2,1-2H3. The van der Waals surface area contributed by atoms with E-state index in [0.29, 0.717) is 0 Å². The molecule has 0 saturated heterocycles. The van der Waals surface area contributed by atoms with Gasteiger partial charge in [0.05, 0.1) is 5.01 Å². The minimum atomic E-state index is -0.0377. The number of aromatic nitrogens is 1. The molecule has 1 aromatic rings. The number of aliphatic hydroxyl groups is 1. The Hall–Kier alpha value is -0.450. The van der Waals surface area contributed by atoms with Crippen LogP contribution in [0.5, 0.6) is 0 Å². The van der Waals surface area contributed by atoms with E-state index in [0.717, 1.165) is 19.0 Å². The van der Waals surface area contributed by atoms with Gasteiger partial charge in [-0.05, 0) is 12.8 Å². The summed E-state index contributed by atoms with van der Waals surface area (Å²) in [6, 6.07) is 0. The molecular formula is C12H20N2OS. The quantitative estimate of drug-likeness (QED) is 0.800. The maximum Gasteiger partial charge on any atom is 0.0959 e. The van der Waals surface area contributed by atoms with Crippen LogP contribution in [0.25, 0.3) is 0 Å². The molecule has 1 saturated carbocycles. The Kier molecular flexibility index (Phi) is 3.62. The second-order valence-electron chi connectivity index (χ2n) is 5.36. The molecule has 0 atom stereocenters. The van der Waals surface area contributed by atoms with Gasteiger partial charge in [-0.3, -0.25) is 0 Å². The van der Waals surface area contributed by atoms with Crippen LogP contribution in [0.1, 0.15) is 42.5 Å². The normalized spacial score (nSPS) is 16.7. The number of hydrogen-bond acceptors (Lipinski definition) is 4. The first-order chi connectivity index (χ1) is 7.61. The molecule has 1 aliphatic rings. The van der Waals surface area contributed by atoms with Crippen LogP contribution in [-0.2, 0) is 6.54 Å². The van der Waals surface area contributed by atoms with E-state index in [1.54, 1.807) is 0 Å². The number of thiazole rings is 1. The average Bonchev–Trinajstić information content (AvgIpc) is 3.00. The molecule has 1 aliphatic carbocycles. The lowest BCUT2D eigenvalue weighted by Gasteiger charge is -2.21. The van der Waals surface area contributed by atoms with E-state index in [2.05, 4.69) is 24.1 Å². The van der Waals surface area contributed by atoms with E-state index in [1.807, 2.05) is 17.5 Å². The highest BCUT2D eigenvalue weighted by Gasteiger charge is 2.26. The van der Waals surface area contributed by atoms with Crippen LogP contribution in [-0.4, -0.2) is 23.2 Å². The number of rotatable bonds is 6. The van der Waals surface area contributed by atoms with Gasteiger partial charge in [-0.15, -0.1) is 11.3 Å². The Balaban J connectivity index is 1.76. The third kappa shape index (κ3) is 3.27. The van der Waals surface area contributed by atoms with E-state index in [-0.39, 0.29) is 12.0 Å². The highest BCUT2D eigenvalue weighted by Crippen LogP contribution is 2.41. The first-order valence-corrected chi connectivity index (χ1v) is 6.68. The molecule has 4 heteroatoms. The summed E-state index contributed by atoms with van der Waals surface area (Å²) >= 11 is 1.83. The largest absolute Gasteiger partial charge is 0.396 e. The first kappa shape index (κ1) is 12.0. The highest BCUT2D eigenvalue weighted by atomic mass is 32.1. The van der Waals surface area contributed by atoms with Crippen molar-refractivity contribution < 1.29 is 5.11 Å². The zero-order valence-electron chi connectivity index (χ0n) is 9.99.